The number of halogens is 2. The number of methoxy groups -OCH3 is 1. The van der Waals surface area contributed by atoms with Gasteiger partial charge in [0.2, 0.25) is 0 Å². The van der Waals surface area contributed by atoms with Gasteiger partial charge in [-0.15, -0.1) is 0 Å². The Labute approximate surface area is 191 Å². The van der Waals surface area contributed by atoms with Gasteiger partial charge in [-0.05, 0) is 46.3 Å². The SMILES string of the molecule is C=CCOc1cc(Br)c(C=Nn2c(C(C)C)nc3ccc(Br)cc3c2=O)cc1OC. The average molecular weight is 535 g/mol. The Balaban J connectivity index is 2.11. The standard InChI is InChI=1S/C22H21Br2N3O3/c1-5-8-30-20-11-17(24)14(9-19(20)29-4)12-25-27-21(13(2)3)26-18-7-6-15(23)10-16(18)22(27)28/h5-7,9-13H,1,8H2,2-4H3. The maximum Gasteiger partial charge on any atom is 0.282 e. The molecular formula is C22H21Br2N3O3. The van der Waals surface area contributed by atoms with Crippen LogP contribution in [0.1, 0.15) is 31.2 Å². The van der Waals surface area contributed by atoms with E-state index in [0.717, 1.165) is 14.5 Å². The molecule has 156 valence electrons. The highest BCUT2D eigenvalue weighted by atomic mass is 79.9. The van der Waals surface area contributed by atoms with Crippen molar-refractivity contribution in [2.24, 2.45) is 5.10 Å². The maximum absolute atomic E-state index is 13.1. The molecule has 0 atom stereocenters. The van der Waals surface area contributed by atoms with Gasteiger partial charge in [0.25, 0.3) is 5.56 Å². The minimum atomic E-state index is -0.227. The quantitative estimate of drug-likeness (QED) is 0.296. The number of rotatable bonds is 7. The molecule has 0 unspecified atom stereocenters. The van der Waals surface area contributed by atoms with Crippen LogP contribution in [0.5, 0.6) is 11.5 Å². The van der Waals surface area contributed by atoms with E-state index in [1.54, 1.807) is 37.6 Å². The van der Waals surface area contributed by atoms with Crippen LogP contribution in [0.15, 0.2) is 61.8 Å². The molecule has 0 amide bonds. The fraction of sp³-hybridized carbons (Fsp3) is 0.227. The van der Waals surface area contributed by atoms with E-state index in [2.05, 4.69) is 48.5 Å². The second kappa shape index (κ2) is 9.57. The molecule has 0 saturated heterocycles. The van der Waals surface area contributed by atoms with Crippen LogP contribution in [-0.2, 0) is 0 Å². The van der Waals surface area contributed by atoms with Gasteiger partial charge in [0, 0.05) is 20.4 Å². The van der Waals surface area contributed by atoms with E-state index in [0.29, 0.717) is 34.8 Å². The Kier molecular flexibility index (Phi) is 7.10. The van der Waals surface area contributed by atoms with Crippen LogP contribution in [0.4, 0.5) is 0 Å². The van der Waals surface area contributed by atoms with Crippen molar-refractivity contribution < 1.29 is 9.47 Å². The predicted molar refractivity (Wildman–Crippen MR) is 127 cm³/mol. The highest BCUT2D eigenvalue weighted by Gasteiger charge is 2.14. The van der Waals surface area contributed by atoms with Crippen molar-refractivity contribution in [2.45, 2.75) is 19.8 Å². The van der Waals surface area contributed by atoms with Crippen molar-refractivity contribution in [1.82, 2.24) is 9.66 Å². The highest BCUT2D eigenvalue weighted by molar-refractivity contribution is 9.10. The second-order valence-corrected chi connectivity index (χ2v) is 8.54. The summed E-state index contributed by atoms with van der Waals surface area (Å²) in [4.78, 5) is 17.8. The largest absolute Gasteiger partial charge is 0.493 e. The van der Waals surface area contributed by atoms with E-state index in [4.69, 9.17) is 9.47 Å². The van der Waals surface area contributed by atoms with Gasteiger partial charge in [0.05, 0.1) is 24.2 Å². The molecule has 0 fully saturated rings. The normalized spacial score (nSPS) is 11.4. The number of aromatic nitrogens is 2. The molecule has 0 aliphatic rings. The van der Waals surface area contributed by atoms with Gasteiger partial charge in [-0.25, -0.2) is 4.98 Å². The minimum Gasteiger partial charge on any atom is -0.493 e. The summed E-state index contributed by atoms with van der Waals surface area (Å²) in [5.41, 5.74) is 1.15. The monoisotopic (exact) mass is 533 g/mol. The van der Waals surface area contributed by atoms with Crippen molar-refractivity contribution in [2.75, 3.05) is 13.7 Å². The molecule has 3 rings (SSSR count). The minimum absolute atomic E-state index is 0.00977. The zero-order chi connectivity index (χ0) is 21.8. The third-order valence-electron chi connectivity index (χ3n) is 4.30. The van der Waals surface area contributed by atoms with Crippen molar-refractivity contribution in [3.63, 3.8) is 0 Å². The number of hydrogen-bond acceptors (Lipinski definition) is 5. The van der Waals surface area contributed by atoms with Crippen molar-refractivity contribution in [1.29, 1.82) is 0 Å². The van der Waals surface area contributed by atoms with Crippen LogP contribution >= 0.6 is 31.9 Å². The third kappa shape index (κ3) is 4.65. The van der Waals surface area contributed by atoms with Gasteiger partial charge in [0.15, 0.2) is 11.5 Å². The highest BCUT2D eigenvalue weighted by Crippen LogP contribution is 2.33. The van der Waals surface area contributed by atoms with E-state index in [1.165, 1.54) is 4.68 Å². The molecule has 0 aliphatic heterocycles. The number of ether oxygens (including phenoxy) is 2. The zero-order valence-corrected chi connectivity index (χ0v) is 20.0. The molecule has 1 heterocycles. The molecule has 0 radical (unpaired) electrons. The van der Waals surface area contributed by atoms with Gasteiger partial charge < -0.3 is 9.47 Å². The summed E-state index contributed by atoms with van der Waals surface area (Å²) < 4.78 is 13.9. The number of nitrogens with zero attached hydrogens (tertiary/aromatic N) is 3. The van der Waals surface area contributed by atoms with E-state index >= 15 is 0 Å². The number of fused-ring (bicyclic) bond motifs is 1. The first-order chi connectivity index (χ1) is 14.3. The summed E-state index contributed by atoms with van der Waals surface area (Å²) in [5.74, 6) is 1.73. The number of benzene rings is 2. The Morgan fingerprint density at radius 1 is 1.23 bits per heavy atom. The first-order valence-corrected chi connectivity index (χ1v) is 10.8. The fourth-order valence-corrected chi connectivity index (χ4v) is 3.63. The zero-order valence-electron chi connectivity index (χ0n) is 16.9. The molecule has 6 nitrogen and oxygen atoms in total. The Morgan fingerprint density at radius 2 is 2.00 bits per heavy atom. The lowest BCUT2D eigenvalue weighted by Crippen LogP contribution is -2.23. The van der Waals surface area contributed by atoms with Crippen LogP contribution < -0.4 is 15.0 Å². The fourth-order valence-electron chi connectivity index (χ4n) is 2.84. The molecule has 0 N–H and O–H groups in total. The van der Waals surface area contributed by atoms with Crippen LogP contribution in [0.3, 0.4) is 0 Å². The molecule has 3 aromatic rings. The van der Waals surface area contributed by atoms with Crippen molar-refractivity contribution >= 4 is 49.0 Å². The summed E-state index contributed by atoms with van der Waals surface area (Å²) in [6.07, 6.45) is 3.26. The molecule has 0 aliphatic carbocycles. The summed E-state index contributed by atoms with van der Waals surface area (Å²) in [6, 6.07) is 9.03. The van der Waals surface area contributed by atoms with Crippen LogP contribution in [0, 0.1) is 0 Å². The summed E-state index contributed by atoms with van der Waals surface area (Å²) in [7, 11) is 1.57. The van der Waals surface area contributed by atoms with E-state index in [9.17, 15) is 4.79 Å². The number of hydrogen-bond donors (Lipinski definition) is 0. The van der Waals surface area contributed by atoms with Gasteiger partial charge in [0.1, 0.15) is 12.4 Å². The lowest BCUT2D eigenvalue weighted by molar-refractivity contribution is 0.326. The summed E-state index contributed by atoms with van der Waals surface area (Å²) in [5, 5.41) is 4.96. The van der Waals surface area contributed by atoms with Gasteiger partial charge >= 0.3 is 0 Å². The Bertz CT molecular complexity index is 1190. The molecule has 2 aromatic carbocycles. The lowest BCUT2D eigenvalue weighted by Gasteiger charge is -2.13. The van der Waals surface area contributed by atoms with Crippen molar-refractivity contribution in [3.8, 4) is 11.5 Å². The van der Waals surface area contributed by atoms with Crippen LogP contribution in [0.25, 0.3) is 10.9 Å². The van der Waals surface area contributed by atoms with Crippen LogP contribution in [-0.4, -0.2) is 29.6 Å². The van der Waals surface area contributed by atoms with Crippen molar-refractivity contribution in [3.05, 3.63) is 73.7 Å². The third-order valence-corrected chi connectivity index (χ3v) is 5.48. The first-order valence-electron chi connectivity index (χ1n) is 9.23. The summed E-state index contributed by atoms with van der Waals surface area (Å²) in [6.45, 7) is 7.97. The van der Waals surface area contributed by atoms with E-state index in [-0.39, 0.29) is 11.5 Å². The molecule has 0 saturated carbocycles. The molecule has 0 spiro atoms. The lowest BCUT2D eigenvalue weighted by atomic mass is 10.2. The van der Waals surface area contributed by atoms with Crippen LogP contribution in [0.2, 0.25) is 0 Å². The molecular weight excluding hydrogens is 514 g/mol. The van der Waals surface area contributed by atoms with E-state index < -0.39 is 0 Å². The predicted octanol–water partition coefficient (Wildman–Crippen LogP) is 5.50. The van der Waals surface area contributed by atoms with Gasteiger partial charge in [-0.2, -0.15) is 9.78 Å². The smallest absolute Gasteiger partial charge is 0.282 e. The molecule has 30 heavy (non-hydrogen) atoms. The molecule has 8 heteroatoms. The van der Waals surface area contributed by atoms with Gasteiger partial charge in [-0.1, -0.05) is 42.4 Å². The average Bonchev–Trinajstić information content (AvgIpc) is 2.72. The Hall–Kier alpha value is -2.45. The topological polar surface area (TPSA) is 65.7 Å². The van der Waals surface area contributed by atoms with Gasteiger partial charge in [-0.3, -0.25) is 4.79 Å². The molecule has 0 bridgehead atoms. The van der Waals surface area contributed by atoms with E-state index in [1.807, 2.05) is 26.0 Å². The Morgan fingerprint density at radius 3 is 2.67 bits per heavy atom. The summed E-state index contributed by atoms with van der Waals surface area (Å²) >= 11 is 6.94. The maximum atomic E-state index is 13.1. The second-order valence-electron chi connectivity index (χ2n) is 6.77. The molecule has 1 aromatic heterocycles. The first kappa shape index (κ1) is 22.2.